The minimum atomic E-state index is 0.867. The molecule has 0 aromatic rings. The van der Waals surface area contributed by atoms with Gasteiger partial charge in [-0.05, 0) is 18.4 Å². The van der Waals surface area contributed by atoms with E-state index >= 15 is 0 Å². The van der Waals surface area contributed by atoms with E-state index in [2.05, 4.69) is 43.6 Å². The summed E-state index contributed by atoms with van der Waals surface area (Å²) in [6.45, 7) is 4.70. The third-order valence-corrected chi connectivity index (χ3v) is 6.19. The number of hydrogen-bond donors (Lipinski definition) is 0. The van der Waals surface area contributed by atoms with E-state index in [1.807, 2.05) is 11.8 Å². The predicted octanol–water partition coefficient (Wildman–Crippen LogP) is 3.32. The highest BCUT2D eigenvalue weighted by molar-refractivity contribution is 8.20. The van der Waals surface area contributed by atoms with E-state index in [-0.39, 0.29) is 0 Å². The molecular formula is C8H16S3. The molecule has 1 aliphatic heterocycles. The zero-order chi connectivity index (χ0) is 8.27. The van der Waals surface area contributed by atoms with Crippen LogP contribution < -0.4 is 0 Å². The van der Waals surface area contributed by atoms with Crippen molar-refractivity contribution >= 4 is 35.3 Å². The molecular weight excluding hydrogens is 192 g/mol. The third kappa shape index (κ3) is 3.11. The van der Waals surface area contributed by atoms with E-state index in [0.29, 0.717) is 0 Å². The van der Waals surface area contributed by atoms with Gasteiger partial charge in [-0.2, -0.15) is 11.8 Å². The van der Waals surface area contributed by atoms with E-state index in [0.717, 1.165) is 15.1 Å². The molecule has 0 saturated carbocycles. The van der Waals surface area contributed by atoms with Crippen LogP contribution in [0.5, 0.6) is 0 Å². The highest BCUT2D eigenvalue weighted by atomic mass is 32.2. The summed E-state index contributed by atoms with van der Waals surface area (Å²) >= 11 is 6.29. The Labute approximate surface area is 82.7 Å². The monoisotopic (exact) mass is 208 g/mol. The normalized spacial score (nSPS) is 33.0. The molecule has 0 spiro atoms. The Hall–Kier alpha value is 1.05. The first-order valence-electron chi connectivity index (χ1n) is 4.04. The van der Waals surface area contributed by atoms with E-state index in [1.165, 1.54) is 12.2 Å². The highest BCUT2D eigenvalue weighted by Crippen LogP contribution is 2.44. The van der Waals surface area contributed by atoms with Gasteiger partial charge < -0.3 is 0 Å². The van der Waals surface area contributed by atoms with E-state index in [9.17, 15) is 0 Å². The molecule has 0 radical (unpaired) electrons. The Morgan fingerprint density at radius 1 is 1.18 bits per heavy atom. The van der Waals surface area contributed by atoms with Crippen LogP contribution in [0.1, 0.15) is 20.3 Å². The second-order valence-electron chi connectivity index (χ2n) is 2.89. The summed E-state index contributed by atoms with van der Waals surface area (Å²) in [5.41, 5.74) is 0. The Kier molecular flexibility index (Phi) is 4.54. The van der Waals surface area contributed by atoms with Gasteiger partial charge in [0, 0.05) is 10.5 Å². The van der Waals surface area contributed by atoms with Crippen LogP contribution in [0.25, 0.3) is 0 Å². The van der Waals surface area contributed by atoms with E-state index < -0.39 is 0 Å². The Morgan fingerprint density at radius 3 is 2.18 bits per heavy atom. The van der Waals surface area contributed by atoms with Gasteiger partial charge in [-0.1, -0.05) is 13.8 Å². The van der Waals surface area contributed by atoms with Crippen LogP contribution in [0.4, 0.5) is 0 Å². The maximum Gasteiger partial charge on any atom is 0.0516 e. The first-order valence-corrected chi connectivity index (χ1v) is 7.32. The first kappa shape index (κ1) is 10.1. The van der Waals surface area contributed by atoms with Crippen molar-refractivity contribution < 1.29 is 0 Å². The molecule has 1 saturated heterocycles. The minimum absolute atomic E-state index is 0.867. The lowest BCUT2D eigenvalue weighted by molar-refractivity contribution is 0.941. The quantitative estimate of drug-likeness (QED) is 0.698. The van der Waals surface area contributed by atoms with Crippen molar-refractivity contribution in [1.29, 1.82) is 0 Å². The van der Waals surface area contributed by atoms with Gasteiger partial charge in [0.15, 0.2) is 0 Å². The van der Waals surface area contributed by atoms with Crippen LogP contribution in [0.3, 0.4) is 0 Å². The highest BCUT2D eigenvalue weighted by Gasteiger charge is 2.28. The van der Waals surface area contributed by atoms with E-state index in [4.69, 9.17) is 0 Å². The second-order valence-corrected chi connectivity index (χ2v) is 7.35. The van der Waals surface area contributed by atoms with Gasteiger partial charge in [0.05, 0.1) is 4.58 Å². The maximum atomic E-state index is 2.35. The number of thioether (sulfide) groups is 3. The molecule has 2 atom stereocenters. The number of hydrogen-bond acceptors (Lipinski definition) is 3. The molecule has 0 bridgehead atoms. The molecule has 0 N–H and O–H groups in total. The van der Waals surface area contributed by atoms with Crippen molar-refractivity contribution in [2.24, 2.45) is 0 Å². The zero-order valence-electron chi connectivity index (χ0n) is 7.37. The lowest BCUT2D eigenvalue weighted by Crippen LogP contribution is -2.04. The van der Waals surface area contributed by atoms with Crippen LogP contribution in [-0.2, 0) is 0 Å². The molecule has 1 aliphatic rings. The lowest BCUT2D eigenvalue weighted by atomic mass is 10.4. The maximum absolute atomic E-state index is 2.35. The molecule has 1 heterocycles. The Morgan fingerprint density at radius 2 is 1.73 bits per heavy atom. The zero-order valence-corrected chi connectivity index (χ0v) is 9.82. The SMILES string of the molecule is CSCCC1S[C@@H](C)[C@H](C)S1. The summed E-state index contributed by atoms with van der Waals surface area (Å²) in [7, 11) is 0. The summed E-state index contributed by atoms with van der Waals surface area (Å²) in [6, 6.07) is 0. The van der Waals surface area contributed by atoms with Gasteiger partial charge >= 0.3 is 0 Å². The Balaban J connectivity index is 2.18. The van der Waals surface area contributed by atoms with Crippen LogP contribution in [0.15, 0.2) is 0 Å². The van der Waals surface area contributed by atoms with Gasteiger partial charge in [-0.25, -0.2) is 0 Å². The third-order valence-electron chi connectivity index (χ3n) is 1.95. The molecule has 66 valence electrons. The molecule has 0 aliphatic carbocycles. The molecule has 0 nitrogen and oxygen atoms in total. The van der Waals surface area contributed by atoms with Crippen LogP contribution in [0.2, 0.25) is 0 Å². The lowest BCUT2D eigenvalue weighted by Gasteiger charge is -2.05. The fraction of sp³-hybridized carbons (Fsp3) is 1.00. The van der Waals surface area contributed by atoms with Crippen molar-refractivity contribution in [2.45, 2.75) is 35.4 Å². The topological polar surface area (TPSA) is 0 Å². The number of rotatable bonds is 3. The summed E-state index contributed by atoms with van der Waals surface area (Å²) in [5.74, 6) is 1.32. The largest absolute Gasteiger partial charge is 0.165 e. The second kappa shape index (κ2) is 4.93. The van der Waals surface area contributed by atoms with Crippen molar-refractivity contribution in [3.05, 3.63) is 0 Å². The van der Waals surface area contributed by atoms with Crippen LogP contribution in [-0.4, -0.2) is 27.1 Å². The van der Waals surface area contributed by atoms with Crippen LogP contribution in [0, 0.1) is 0 Å². The smallest absolute Gasteiger partial charge is 0.0516 e. The average molecular weight is 208 g/mol. The predicted molar refractivity (Wildman–Crippen MR) is 60.9 cm³/mol. The van der Waals surface area contributed by atoms with Gasteiger partial charge in [-0.3, -0.25) is 0 Å². The fourth-order valence-electron chi connectivity index (χ4n) is 1.08. The molecule has 1 fully saturated rings. The van der Waals surface area contributed by atoms with Crippen molar-refractivity contribution in [2.75, 3.05) is 12.0 Å². The van der Waals surface area contributed by atoms with Crippen LogP contribution >= 0.6 is 35.3 Å². The fourth-order valence-corrected chi connectivity index (χ4v) is 5.45. The molecule has 0 aromatic carbocycles. The molecule has 0 unspecified atom stereocenters. The summed E-state index contributed by atoms with van der Waals surface area (Å²) < 4.78 is 0.882. The standard InChI is InChI=1S/C8H16S3/c1-6-7(2)11-8(10-6)4-5-9-3/h6-8H,4-5H2,1-3H3/t6-,7-/m0/s1. The van der Waals surface area contributed by atoms with E-state index in [1.54, 1.807) is 0 Å². The summed E-state index contributed by atoms with van der Waals surface area (Å²) in [4.78, 5) is 0. The van der Waals surface area contributed by atoms with Gasteiger partial charge in [0.2, 0.25) is 0 Å². The van der Waals surface area contributed by atoms with Gasteiger partial charge in [0.1, 0.15) is 0 Å². The molecule has 11 heavy (non-hydrogen) atoms. The first-order chi connectivity index (χ1) is 5.24. The van der Waals surface area contributed by atoms with Gasteiger partial charge in [0.25, 0.3) is 0 Å². The molecule has 1 rings (SSSR count). The molecule has 3 heteroatoms. The van der Waals surface area contributed by atoms with Gasteiger partial charge in [-0.15, -0.1) is 23.5 Å². The Bertz CT molecular complexity index is 106. The minimum Gasteiger partial charge on any atom is -0.165 e. The molecule has 0 aromatic heterocycles. The molecule has 0 amide bonds. The van der Waals surface area contributed by atoms with Crippen molar-refractivity contribution in [1.82, 2.24) is 0 Å². The summed E-state index contributed by atoms with van der Waals surface area (Å²) in [6.07, 6.45) is 3.57. The summed E-state index contributed by atoms with van der Waals surface area (Å²) in [5, 5.41) is 1.73. The van der Waals surface area contributed by atoms with Crippen molar-refractivity contribution in [3.8, 4) is 0 Å². The van der Waals surface area contributed by atoms with Crippen molar-refractivity contribution in [3.63, 3.8) is 0 Å². The average Bonchev–Trinajstić information content (AvgIpc) is 2.28.